The molecule has 2 unspecified atom stereocenters. The predicted octanol–water partition coefficient (Wildman–Crippen LogP) is 2.48. The third-order valence-corrected chi connectivity index (χ3v) is 6.08. The molecule has 140 valence electrons. The van der Waals surface area contributed by atoms with Gasteiger partial charge in [0.1, 0.15) is 6.04 Å². The van der Waals surface area contributed by atoms with Crippen LogP contribution in [0.5, 0.6) is 0 Å². The van der Waals surface area contributed by atoms with Crippen molar-refractivity contribution in [3.63, 3.8) is 0 Å². The third kappa shape index (κ3) is 3.74. The molecule has 1 fully saturated rings. The molecule has 4 rings (SSSR count). The summed E-state index contributed by atoms with van der Waals surface area (Å²) in [6.07, 6.45) is 2.02. The van der Waals surface area contributed by atoms with Gasteiger partial charge in [-0.2, -0.15) is 0 Å². The lowest BCUT2D eigenvalue weighted by atomic mass is 10.1. The van der Waals surface area contributed by atoms with Crippen molar-refractivity contribution in [3.05, 3.63) is 65.1 Å². The van der Waals surface area contributed by atoms with Crippen LogP contribution in [0.25, 0.3) is 6.08 Å². The summed E-state index contributed by atoms with van der Waals surface area (Å²) in [6.45, 7) is 2.45. The Morgan fingerprint density at radius 3 is 2.67 bits per heavy atom. The van der Waals surface area contributed by atoms with E-state index in [0.717, 1.165) is 22.5 Å². The van der Waals surface area contributed by atoms with E-state index >= 15 is 0 Å². The fraction of sp³-hybridized carbons (Fsp3) is 0.250. The molecular weight excluding hydrogens is 362 g/mol. The van der Waals surface area contributed by atoms with Crippen LogP contribution in [0.3, 0.4) is 0 Å². The van der Waals surface area contributed by atoms with E-state index in [1.807, 2.05) is 60.4 Å². The highest BCUT2D eigenvalue weighted by Gasteiger charge is 2.41. The highest BCUT2D eigenvalue weighted by Crippen LogP contribution is 2.36. The molecule has 2 atom stereocenters. The largest absolute Gasteiger partial charge is 0.356 e. The smallest absolute Gasteiger partial charge is 0.247 e. The van der Waals surface area contributed by atoms with Crippen LogP contribution in [0.2, 0.25) is 0 Å². The van der Waals surface area contributed by atoms with Crippen molar-refractivity contribution in [2.45, 2.75) is 25.4 Å². The maximum atomic E-state index is 12.4. The Kier molecular flexibility index (Phi) is 4.49. The molecule has 2 N–H and O–H groups in total. The first kappa shape index (κ1) is 17.8. The molecule has 7 heteroatoms. The zero-order valence-electron chi connectivity index (χ0n) is 14.9. The number of hydrogen-bond donors (Lipinski definition) is 2. The molecule has 6 nitrogen and oxygen atoms in total. The van der Waals surface area contributed by atoms with Crippen molar-refractivity contribution in [2.24, 2.45) is 0 Å². The van der Waals surface area contributed by atoms with Crippen molar-refractivity contribution in [3.8, 4) is 0 Å². The van der Waals surface area contributed by atoms with Gasteiger partial charge in [-0.1, -0.05) is 42.0 Å². The number of nitrogens with one attached hydrogen (secondary N) is 2. The van der Waals surface area contributed by atoms with Gasteiger partial charge in [0.2, 0.25) is 15.9 Å². The summed E-state index contributed by atoms with van der Waals surface area (Å²) in [4.78, 5) is 14.3. The molecule has 0 spiro atoms. The van der Waals surface area contributed by atoms with Gasteiger partial charge in [-0.15, -0.1) is 0 Å². The number of nitrogens with zero attached hydrogens (tertiary/aromatic N) is 1. The van der Waals surface area contributed by atoms with Crippen LogP contribution in [0.4, 0.5) is 11.4 Å². The molecule has 0 radical (unpaired) electrons. The van der Waals surface area contributed by atoms with Crippen LogP contribution >= 0.6 is 0 Å². The standard InChI is InChI=1S/C20H21N3O3S/c1-14-6-8-15(9-7-14)10-11-27(25,26)22-16-12-19-20(24)21-17-4-2-3-5-18(17)23(19)13-16/h2-11,16,19,22H,12-13H2,1H3,(H,21,24)/b11-10+. The average Bonchev–Trinajstić information content (AvgIpc) is 3.05. The van der Waals surface area contributed by atoms with E-state index in [2.05, 4.69) is 10.0 Å². The Balaban J connectivity index is 1.48. The molecule has 0 aliphatic carbocycles. The number of anilines is 2. The molecule has 0 aromatic heterocycles. The number of rotatable bonds is 4. The van der Waals surface area contributed by atoms with Crippen LogP contribution in [-0.4, -0.2) is 33.0 Å². The fourth-order valence-electron chi connectivity index (χ4n) is 3.60. The number of hydrogen-bond acceptors (Lipinski definition) is 4. The second kappa shape index (κ2) is 6.83. The maximum Gasteiger partial charge on any atom is 0.247 e. The quantitative estimate of drug-likeness (QED) is 0.850. The van der Waals surface area contributed by atoms with Crippen LogP contribution in [0.1, 0.15) is 17.5 Å². The second-order valence-corrected chi connectivity index (χ2v) is 8.58. The van der Waals surface area contributed by atoms with Crippen molar-refractivity contribution in [2.75, 3.05) is 16.8 Å². The number of aryl methyl sites for hydroxylation is 1. The first-order chi connectivity index (χ1) is 12.9. The van der Waals surface area contributed by atoms with Crippen molar-refractivity contribution in [1.82, 2.24) is 4.72 Å². The van der Waals surface area contributed by atoms with Gasteiger partial charge in [-0.05, 0) is 37.1 Å². The number of carbonyl (C=O) groups excluding carboxylic acids is 1. The summed E-state index contributed by atoms with van der Waals surface area (Å²) >= 11 is 0. The van der Waals surface area contributed by atoms with Crippen LogP contribution in [-0.2, 0) is 14.8 Å². The van der Waals surface area contributed by atoms with Crippen LogP contribution in [0.15, 0.2) is 53.9 Å². The minimum absolute atomic E-state index is 0.0920. The van der Waals surface area contributed by atoms with Gasteiger partial charge >= 0.3 is 0 Å². The molecule has 2 aromatic rings. The lowest BCUT2D eigenvalue weighted by Gasteiger charge is -2.32. The summed E-state index contributed by atoms with van der Waals surface area (Å²) in [6, 6.07) is 14.5. The number of para-hydroxylation sites is 2. The van der Waals surface area contributed by atoms with Crippen LogP contribution < -0.4 is 14.9 Å². The van der Waals surface area contributed by atoms with Gasteiger partial charge in [-0.3, -0.25) is 4.79 Å². The minimum atomic E-state index is -3.60. The summed E-state index contributed by atoms with van der Waals surface area (Å²) in [5, 5.41) is 4.08. The van der Waals surface area contributed by atoms with E-state index in [-0.39, 0.29) is 18.0 Å². The maximum absolute atomic E-state index is 12.4. The Morgan fingerprint density at radius 1 is 1.15 bits per heavy atom. The van der Waals surface area contributed by atoms with Crippen molar-refractivity contribution < 1.29 is 13.2 Å². The molecular formula is C20H21N3O3S. The summed E-state index contributed by atoms with van der Waals surface area (Å²) in [5.41, 5.74) is 3.64. The van der Waals surface area contributed by atoms with Gasteiger partial charge in [0.15, 0.2) is 0 Å². The number of amides is 1. The number of sulfonamides is 1. The highest BCUT2D eigenvalue weighted by atomic mass is 32.2. The van der Waals surface area contributed by atoms with E-state index in [9.17, 15) is 13.2 Å². The Labute approximate surface area is 158 Å². The number of benzene rings is 2. The first-order valence-electron chi connectivity index (χ1n) is 8.85. The Bertz CT molecular complexity index is 999. The molecule has 2 aliphatic heterocycles. The van der Waals surface area contributed by atoms with E-state index in [1.54, 1.807) is 6.08 Å². The van der Waals surface area contributed by atoms with Crippen molar-refractivity contribution >= 4 is 33.4 Å². The molecule has 1 saturated heterocycles. The normalized spacial score (nSPS) is 21.8. The van der Waals surface area contributed by atoms with Crippen molar-refractivity contribution in [1.29, 1.82) is 0 Å². The minimum Gasteiger partial charge on any atom is -0.356 e. The average molecular weight is 383 g/mol. The molecule has 0 bridgehead atoms. The molecule has 2 heterocycles. The molecule has 1 amide bonds. The van der Waals surface area contributed by atoms with E-state index < -0.39 is 10.0 Å². The van der Waals surface area contributed by atoms with Gasteiger partial charge in [0.25, 0.3) is 0 Å². The number of fused-ring (bicyclic) bond motifs is 3. The number of carbonyl (C=O) groups is 1. The predicted molar refractivity (Wildman–Crippen MR) is 107 cm³/mol. The Morgan fingerprint density at radius 2 is 1.89 bits per heavy atom. The monoisotopic (exact) mass is 383 g/mol. The summed E-state index contributed by atoms with van der Waals surface area (Å²) in [5.74, 6) is -0.0920. The molecule has 27 heavy (non-hydrogen) atoms. The van der Waals surface area contributed by atoms with Gasteiger partial charge in [0, 0.05) is 18.0 Å². The Hall–Kier alpha value is -2.64. The highest BCUT2D eigenvalue weighted by molar-refractivity contribution is 7.92. The fourth-order valence-corrected chi connectivity index (χ4v) is 4.65. The summed E-state index contributed by atoms with van der Waals surface area (Å²) < 4.78 is 27.6. The van der Waals surface area contributed by atoms with Gasteiger partial charge in [-0.25, -0.2) is 13.1 Å². The lowest BCUT2D eigenvalue weighted by Crippen LogP contribution is -2.43. The first-order valence-corrected chi connectivity index (χ1v) is 10.4. The van der Waals surface area contributed by atoms with Crippen LogP contribution in [0, 0.1) is 6.92 Å². The second-order valence-electron chi connectivity index (χ2n) is 6.98. The van der Waals surface area contributed by atoms with E-state index in [0.29, 0.717) is 13.0 Å². The zero-order chi connectivity index (χ0) is 19.0. The van der Waals surface area contributed by atoms with E-state index in [4.69, 9.17) is 0 Å². The van der Waals surface area contributed by atoms with Gasteiger partial charge < -0.3 is 10.2 Å². The zero-order valence-corrected chi connectivity index (χ0v) is 15.7. The van der Waals surface area contributed by atoms with Gasteiger partial charge in [0.05, 0.1) is 11.4 Å². The molecule has 2 aromatic carbocycles. The van der Waals surface area contributed by atoms with E-state index in [1.165, 1.54) is 5.41 Å². The summed E-state index contributed by atoms with van der Waals surface area (Å²) in [7, 11) is -3.60. The lowest BCUT2D eigenvalue weighted by molar-refractivity contribution is -0.117. The molecule has 0 saturated carbocycles. The third-order valence-electron chi connectivity index (χ3n) is 4.92. The SMILES string of the molecule is Cc1ccc(/C=C/S(=O)(=O)NC2CC3C(=O)Nc4ccccc4N3C2)cc1. The molecule has 2 aliphatic rings. The topological polar surface area (TPSA) is 78.5 Å².